The van der Waals surface area contributed by atoms with E-state index in [4.69, 9.17) is 0 Å². The van der Waals surface area contributed by atoms with Crippen molar-refractivity contribution >= 4 is 27.7 Å². The summed E-state index contributed by atoms with van der Waals surface area (Å²) >= 11 is 0. The van der Waals surface area contributed by atoms with Crippen LogP contribution < -0.4 is 15.4 Å². The number of hydrogen-bond donors (Lipinski definition) is 4. The van der Waals surface area contributed by atoms with Gasteiger partial charge in [-0.3, -0.25) is 9.59 Å². The summed E-state index contributed by atoms with van der Waals surface area (Å²) in [5.74, 6) is -1.09. The molecule has 38 heavy (non-hydrogen) atoms. The minimum Gasteiger partial charge on any atom is -0.480 e. The molecule has 1 aromatic carbocycles. The van der Waals surface area contributed by atoms with Crippen LogP contribution in [0.5, 0.6) is 0 Å². The van der Waals surface area contributed by atoms with Gasteiger partial charge in [-0.15, -0.1) is 0 Å². The zero-order valence-corrected chi connectivity index (χ0v) is 22.4. The summed E-state index contributed by atoms with van der Waals surface area (Å²) in [5, 5.41) is 15.4. The molecule has 2 aromatic heterocycles. The molecule has 1 amide bonds. The molecule has 0 aliphatic carbocycles. The van der Waals surface area contributed by atoms with Gasteiger partial charge in [0.25, 0.3) is 5.91 Å². The Kier molecular flexibility index (Phi) is 8.12. The first kappa shape index (κ1) is 27.3. The van der Waals surface area contributed by atoms with Gasteiger partial charge in [0, 0.05) is 37.9 Å². The van der Waals surface area contributed by atoms with Crippen LogP contribution in [-0.4, -0.2) is 59.1 Å². The fourth-order valence-corrected chi connectivity index (χ4v) is 6.30. The second-order valence-corrected chi connectivity index (χ2v) is 11.2. The van der Waals surface area contributed by atoms with Crippen molar-refractivity contribution in [1.29, 1.82) is 0 Å². The lowest BCUT2D eigenvalue weighted by atomic mass is 10.1. The SMILES string of the molecule is Cc1cc(C)c(S(=O)(=O)N[C@H](CNC(=O)c2cn(CCc3ccc4c(n3)NCCC4)cn2)C(=O)O)c(C)c1. The number of carboxylic acids is 1. The normalized spacial score (nSPS) is 13.9. The first-order chi connectivity index (χ1) is 18.0. The first-order valence-electron chi connectivity index (χ1n) is 12.4. The van der Waals surface area contributed by atoms with Gasteiger partial charge in [0.1, 0.15) is 17.6 Å². The largest absolute Gasteiger partial charge is 0.480 e. The number of carbonyl (C=O) groups is 2. The van der Waals surface area contributed by atoms with Gasteiger partial charge in [0.05, 0.1) is 11.2 Å². The molecule has 4 rings (SSSR count). The number of imidazole rings is 1. The van der Waals surface area contributed by atoms with Crippen LogP contribution >= 0.6 is 0 Å². The lowest BCUT2D eigenvalue weighted by Crippen LogP contribution is -2.48. The molecule has 12 heteroatoms. The van der Waals surface area contributed by atoms with Crippen LogP contribution in [0, 0.1) is 20.8 Å². The number of nitrogens with zero attached hydrogens (tertiary/aromatic N) is 3. The third kappa shape index (κ3) is 6.37. The smallest absolute Gasteiger partial charge is 0.323 e. The number of fused-ring (bicyclic) bond motifs is 1. The summed E-state index contributed by atoms with van der Waals surface area (Å²) in [4.78, 5) is 33.2. The number of anilines is 1. The molecule has 1 atom stereocenters. The maximum atomic E-state index is 13.0. The number of nitrogens with one attached hydrogen (secondary N) is 3. The second-order valence-electron chi connectivity index (χ2n) is 9.54. The monoisotopic (exact) mass is 540 g/mol. The number of sulfonamides is 1. The predicted molar refractivity (Wildman–Crippen MR) is 142 cm³/mol. The van der Waals surface area contributed by atoms with Crippen molar-refractivity contribution < 1.29 is 23.1 Å². The molecule has 202 valence electrons. The van der Waals surface area contributed by atoms with Gasteiger partial charge < -0.3 is 20.3 Å². The lowest BCUT2D eigenvalue weighted by Gasteiger charge is -2.18. The van der Waals surface area contributed by atoms with Gasteiger partial charge in [-0.2, -0.15) is 4.72 Å². The first-order valence-corrected chi connectivity index (χ1v) is 13.9. The Bertz CT molecular complexity index is 1440. The Morgan fingerprint density at radius 1 is 1.18 bits per heavy atom. The summed E-state index contributed by atoms with van der Waals surface area (Å²) < 4.78 is 29.9. The van der Waals surface area contributed by atoms with Gasteiger partial charge in [0.2, 0.25) is 10.0 Å². The fraction of sp³-hybridized carbons (Fsp3) is 0.385. The molecule has 0 unspecified atom stereocenters. The van der Waals surface area contributed by atoms with Crippen molar-refractivity contribution in [2.75, 3.05) is 18.4 Å². The van der Waals surface area contributed by atoms with Crippen molar-refractivity contribution in [1.82, 2.24) is 24.6 Å². The summed E-state index contributed by atoms with van der Waals surface area (Å²) in [6.07, 6.45) is 5.84. The second kappa shape index (κ2) is 11.3. The van der Waals surface area contributed by atoms with E-state index in [2.05, 4.69) is 31.4 Å². The zero-order chi connectivity index (χ0) is 27.4. The summed E-state index contributed by atoms with van der Waals surface area (Å²) in [6, 6.07) is 5.96. The molecule has 1 aliphatic heterocycles. The van der Waals surface area contributed by atoms with E-state index in [0.29, 0.717) is 24.1 Å². The Balaban J connectivity index is 1.35. The van der Waals surface area contributed by atoms with Crippen molar-refractivity contribution in [2.24, 2.45) is 0 Å². The summed E-state index contributed by atoms with van der Waals surface area (Å²) in [5.41, 5.74) is 4.16. The molecular weight excluding hydrogens is 508 g/mol. The third-order valence-corrected chi connectivity index (χ3v) is 8.16. The maximum absolute atomic E-state index is 13.0. The van der Waals surface area contributed by atoms with Crippen LogP contribution in [0.15, 0.2) is 41.7 Å². The van der Waals surface area contributed by atoms with Gasteiger partial charge in [-0.1, -0.05) is 23.8 Å². The van der Waals surface area contributed by atoms with Crippen LogP contribution in [0.25, 0.3) is 0 Å². The molecule has 0 radical (unpaired) electrons. The van der Waals surface area contributed by atoms with Gasteiger partial charge in [0.15, 0.2) is 0 Å². The topological polar surface area (TPSA) is 155 Å². The number of aromatic nitrogens is 3. The number of aryl methyl sites for hydroxylation is 6. The van der Waals surface area contributed by atoms with E-state index in [1.54, 1.807) is 36.7 Å². The predicted octanol–water partition coefficient (Wildman–Crippen LogP) is 1.97. The van der Waals surface area contributed by atoms with Crippen molar-refractivity contribution in [3.63, 3.8) is 0 Å². The number of carbonyl (C=O) groups excluding carboxylic acids is 1. The number of benzene rings is 1. The van der Waals surface area contributed by atoms with E-state index in [-0.39, 0.29) is 10.6 Å². The van der Waals surface area contributed by atoms with Crippen LogP contribution in [0.2, 0.25) is 0 Å². The molecule has 4 N–H and O–H groups in total. The molecule has 0 bridgehead atoms. The van der Waals surface area contributed by atoms with Crippen molar-refractivity contribution in [3.05, 3.63) is 70.4 Å². The Morgan fingerprint density at radius 2 is 1.92 bits per heavy atom. The minimum absolute atomic E-state index is 0.0311. The molecule has 0 saturated heterocycles. The molecule has 11 nitrogen and oxygen atoms in total. The minimum atomic E-state index is -4.14. The molecule has 3 aromatic rings. The number of aliphatic carboxylic acids is 1. The molecule has 0 spiro atoms. The van der Waals surface area contributed by atoms with E-state index in [1.807, 2.05) is 13.0 Å². The number of rotatable bonds is 10. The number of amides is 1. The Morgan fingerprint density at radius 3 is 2.63 bits per heavy atom. The average molecular weight is 541 g/mol. The lowest BCUT2D eigenvalue weighted by molar-refractivity contribution is -0.138. The van der Waals surface area contributed by atoms with Crippen molar-refractivity contribution in [2.45, 2.75) is 57.5 Å². The highest BCUT2D eigenvalue weighted by Crippen LogP contribution is 2.22. The summed E-state index contributed by atoms with van der Waals surface area (Å²) in [7, 11) is -4.14. The van der Waals surface area contributed by atoms with E-state index in [1.165, 1.54) is 11.9 Å². The fourth-order valence-electron chi connectivity index (χ4n) is 4.65. The highest BCUT2D eigenvalue weighted by atomic mass is 32.2. The van der Waals surface area contributed by atoms with Gasteiger partial charge >= 0.3 is 5.97 Å². The van der Waals surface area contributed by atoms with E-state index in [9.17, 15) is 23.1 Å². The molecule has 0 saturated carbocycles. The Labute approximate surface area is 221 Å². The van der Waals surface area contributed by atoms with E-state index in [0.717, 1.165) is 36.5 Å². The molecule has 3 heterocycles. The van der Waals surface area contributed by atoms with Crippen LogP contribution in [0.4, 0.5) is 5.82 Å². The number of carboxylic acid groups (broad SMARTS) is 1. The van der Waals surface area contributed by atoms with Gasteiger partial charge in [-0.25, -0.2) is 18.4 Å². The highest BCUT2D eigenvalue weighted by molar-refractivity contribution is 7.89. The third-order valence-electron chi connectivity index (χ3n) is 6.38. The zero-order valence-electron chi connectivity index (χ0n) is 21.6. The molecular formula is C26H32N6O5S. The maximum Gasteiger partial charge on any atom is 0.323 e. The number of hydrogen-bond acceptors (Lipinski definition) is 7. The highest BCUT2D eigenvalue weighted by Gasteiger charge is 2.28. The average Bonchev–Trinajstić information content (AvgIpc) is 3.33. The quantitative estimate of drug-likeness (QED) is 0.304. The molecule has 1 aliphatic rings. The summed E-state index contributed by atoms with van der Waals surface area (Å²) in [6.45, 7) is 6.18. The van der Waals surface area contributed by atoms with Crippen LogP contribution in [-0.2, 0) is 34.2 Å². The van der Waals surface area contributed by atoms with E-state index < -0.39 is 34.5 Å². The molecule has 0 fully saturated rings. The number of pyridine rings is 1. The van der Waals surface area contributed by atoms with Crippen molar-refractivity contribution in [3.8, 4) is 0 Å². The van der Waals surface area contributed by atoms with Gasteiger partial charge in [-0.05, 0) is 56.4 Å². The standard InChI is InChI=1S/C26H32N6O5S/c1-16-11-17(2)23(18(3)12-16)38(36,37)31-21(26(34)35)13-28-25(33)22-14-32(15-29-22)10-8-20-7-6-19-5-4-9-27-24(19)30-20/h6-7,11-12,14-15,21,31H,4-5,8-10,13H2,1-3H3,(H,27,30)(H,28,33)(H,34,35)/t21-/m1/s1. The Hall–Kier alpha value is -3.77. The van der Waals surface area contributed by atoms with Crippen LogP contribution in [0.3, 0.4) is 0 Å². The van der Waals surface area contributed by atoms with Crippen LogP contribution in [0.1, 0.15) is 44.9 Å². The van der Waals surface area contributed by atoms with E-state index >= 15 is 0 Å².